The Labute approximate surface area is 78.1 Å². The summed E-state index contributed by atoms with van der Waals surface area (Å²) in [5.41, 5.74) is 1.14. The van der Waals surface area contributed by atoms with Crippen LogP contribution in [-0.2, 0) is 9.47 Å². The first-order chi connectivity index (χ1) is 6.27. The molecule has 4 nitrogen and oxygen atoms in total. The maximum absolute atomic E-state index is 11.1. The molecule has 0 saturated carbocycles. The number of nitrogens with zero attached hydrogens (tertiary/aromatic N) is 1. The van der Waals surface area contributed by atoms with Crippen LogP contribution in [-0.4, -0.2) is 38.4 Å². The second kappa shape index (κ2) is 4.87. The van der Waals surface area contributed by atoms with E-state index in [9.17, 15) is 4.79 Å². The molecule has 0 aromatic carbocycles. The average Bonchev–Trinajstić information content (AvgIpc) is 2.18. The highest BCUT2D eigenvalue weighted by Gasteiger charge is 2.16. The van der Waals surface area contributed by atoms with E-state index < -0.39 is 0 Å². The molecular weight excluding hydrogens is 170 g/mol. The maximum atomic E-state index is 11.1. The van der Waals surface area contributed by atoms with Gasteiger partial charge in [0, 0.05) is 19.9 Å². The molecule has 0 unspecified atom stereocenters. The lowest BCUT2D eigenvalue weighted by molar-refractivity contribution is 0.135. The Morgan fingerprint density at radius 3 is 3.00 bits per heavy atom. The fourth-order valence-corrected chi connectivity index (χ4v) is 1.38. The van der Waals surface area contributed by atoms with Gasteiger partial charge in [0.15, 0.2) is 0 Å². The van der Waals surface area contributed by atoms with Crippen molar-refractivity contribution in [3.8, 4) is 0 Å². The Hall–Kier alpha value is -1.03. The molecule has 1 aliphatic rings. The zero-order chi connectivity index (χ0) is 9.68. The standard InChI is InChI=1S/C9H15NO3/c1-12-7-8-4-3-5-10(6-8)9(11)13-2/h6H,3-5,7H2,1-2H3. The van der Waals surface area contributed by atoms with Crippen LogP contribution in [0.2, 0.25) is 0 Å². The lowest BCUT2D eigenvalue weighted by Gasteiger charge is -2.23. The van der Waals surface area contributed by atoms with Crippen molar-refractivity contribution < 1.29 is 14.3 Å². The third kappa shape index (κ3) is 2.73. The highest BCUT2D eigenvalue weighted by Crippen LogP contribution is 2.15. The Kier molecular flexibility index (Phi) is 3.76. The van der Waals surface area contributed by atoms with Crippen molar-refractivity contribution in [2.75, 3.05) is 27.4 Å². The molecule has 1 rings (SSSR count). The van der Waals surface area contributed by atoms with Gasteiger partial charge in [-0.1, -0.05) is 0 Å². The topological polar surface area (TPSA) is 38.8 Å². The quantitative estimate of drug-likeness (QED) is 0.652. The fourth-order valence-electron chi connectivity index (χ4n) is 1.38. The number of hydrogen-bond donors (Lipinski definition) is 0. The normalized spacial score (nSPS) is 16.8. The summed E-state index contributed by atoms with van der Waals surface area (Å²) in [6, 6.07) is 0. The Morgan fingerprint density at radius 2 is 2.38 bits per heavy atom. The van der Waals surface area contributed by atoms with E-state index >= 15 is 0 Å². The molecule has 13 heavy (non-hydrogen) atoms. The Balaban J connectivity index is 2.57. The van der Waals surface area contributed by atoms with Crippen LogP contribution in [0.1, 0.15) is 12.8 Å². The van der Waals surface area contributed by atoms with Crippen LogP contribution in [0.25, 0.3) is 0 Å². The predicted octanol–water partition coefficient (Wildman–Crippen LogP) is 1.38. The van der Waals surface area contributed by atoms with Gasteiger partial charge >= 0.3 is 6.09 Å². The van der Waals surface area contributed by atoms with Gasteiger partial charge in [0.2, 0.25) is 0 Å². The summed E-state index contributed by atoms with van der Waals surface area (Å²) < 4.78 is 9.61. The van der Waals surface area contributed by atoms with E-state index in [4.69, 9.17) is 4.74 Å². The van der Waals surface area contributed by atoms with Crippen LogP contribution < -0.4 is 0 Å². The molecule has 4 heteroatoms. The van der Waals surface area contributed by atoms with Gasteiger partial charge in [-0.15, -0.1) is 0 Å². The third-order valence-corrected chi connectivity index (χ3v) is 1.97. The number of ether oxygens (including phenoxy) is 2. The van der Waals surface area contributed by atoms with Crippen molar-refractivity contribution in [3.05, 3.63) is 11.8 Å². The second-order valence-electron chi connectivity index (χ2n) is 2.99. The molecule has 0 saturated heterocycles. The van der Waals surface area contributed by atoms with Gasteiger partial charge in [-0.2, -0.15) is 0 Å². The van der Waals surface area contributed by atoms with E-state index in [0.717, 1.165) is 25.0 Å². The van der Waals surface area contributed by atoms with Crippen LogP contribution in [0.3, 0.4) is 0 Å². The van der Waals surface area contributed by atoms with Crippen LogP contribution in [0, 0.1) is 0 Å². The number of amides is 1. The number of hydrogen-bond acceptors (Lipinski definition) is 3. The molecule has 0 radical (unpaired) electrons. The van der Waals surface area contributed by atoms with Gasteiger partial charge in [-0.3, -0.25) is 4.90 Å². The molecule has 0 aromatic rings. The van der Waals surface area contributed by atoms with Crippen molar-refractivity contribution >= 4 is 6.09 Å². The largest absolute Gasteiger partial charge is 0.452 e. The van der Waals surface area contributed by atoms with Gasteiger partial charge in [0.05, 0.1) is 13.7 Å². The zero-order valence-electron chi connectivity index (χ0n) is 8.08. The molecule has 0 bridgehead atoms. The van der Waals surface area contributed by atoms with E-state index in [1.165, 1.54) is 7.11 Å². The minimum absolute atomic E-state index is 0.298. The SMILES string of the molecule is COCC1=CN(C(=O)OC)CCC1. The summed E-state index contributed by atoms with van der Waals surface area (Å²) in [4.78, 5) is 12.7. The Morgan fingerprint density at radius 1 is 1.62 bits per heavy atom. The van der Waals surface area contributed by atoms with Crippen molar-refractivity contribution in [1.82, 2.24) is 4.90 Å². The number of carbonyl (C=O) groups excluding carboxylic acids is 1. The van der Waals surface area contributed by atoms with E-state index in [0.29, 0.717) is 6.61 Å². The van der Waals surface area contributed by atoms with Crippen LogP contribution >= 0.6 is 0 Å². The molecule has 0 atom stereocenters. The van der Waals surface area contributed by atoms with Gasteiger partial charge in [0.1, 0.15) is 0 Å². The lowest BCUT2D eigenvalue weighted by atomic mass is 10.1. The summed E-state index contributed by atoms with van der Waals surface area (Å²) in [7, 11) is 3.04. The molecule has 0 aliphatic carbocycles. The molecule has 1 aliphatic heterocycles. The van der Waals surface area contributed by atoms with E-state index in [1.54, 1.807) is 12.0 Å². The third-order valence-electron chi connectivity index (χ3n) is 1.97. The first-order valence-electron chi connectivity index (χ1n) is 4.31. The fraction of sp³-hybridized carbons (Fsp3) is 0.667. The smallest absolute Gasteiger partial charge is 0.413 e. The lowest BCUT2D eigenvalue weighted by Crippen LogP contribution is -2.30. The molecule has 74 valence electrons. The van der Waals surface area contributed by atoms with Crippen LogP contribution in [0.15, 0.2) is 11.8 Å². The van der Waals surface area contributed by atoms with Gasteiger partial charge < -0.3 is 9.47 Å². The number of rotatable bonds is 2. The van der Waals surface area contributed by atoms with Crippen molar-refractivity contribution in [3.63, 3.8) is 0 Å². The van der Waals surface area contributed by atoms with Crippen LogP contribution in [0.5, 0.6) is 0 Å². The number of carbonyl (C=O) groups is 1. The minimum atomic E-state index is -0.298. The second-order valence-corrected chi connectivity index (χ2v) is 2.99. The van der Waals surface area contributed by atoms with Crippen molar-refractivity contribution in [2.45, 2.75) is 12.8 Å². The summed E-state index contributed by atoms with van der Waals surface area (Å²) in [5.74, 6) is 0. The summed E-state index contributed by atoms with van der Waals surface area (Å²) in [6.45, 7) is 1.33. The van der Waals surface area contributed by atoms with Gasteiger partial charge in [-0.25, -0.2) is 4.79 Å². The predicted molar refractivity (Wildman–Crippen MR) is 48.3 cm³/mol. The molecular formula is C9H15NO3. The van der Waals surface area contributed by atoms with E-state index in [1.807, 2.05) is 6.20 Å². The first kappa shape index (κ1) is 10.1. The summed E-state index contributed by atoms with van der Waals surface area (Å²) >= 11 is 0. The number of methoxy groups -OCH3 is 2. The molecule has 0 aromatic heterocycles. The highest BCUT2D eigenvalue weighted by molar-refractivity contribution is 5.69. The molecule has 0 spiro atoms. The highest BCUT2D eigenvalue weighted by atomic mass is 16.5. The molecule has 1 amide bonds. The van der Waals surface area contributed by atoms with Crippen molar-refractivity contribution in [1.29, 1.82) is 0 Å². The molecule has 1 heterocycles. The average molecular weight is 185 g/mol. The van der Waals surface area contributed by atoms with Gasteiger partial charge in [0.25, 0.3) is 0 Å². The molecule has 0 fully saturated rings. The monoisotopic (exact) mass is 185 g/mol. The van der Waals surface area contributed by atoms with E-state index in [2.05, 4.69) is 4.74 Å². The first-order valence-corrected chi connectivity index (χ1v) is 4.31. The maximum Gasteiger partial charge on any atom is 0.413 e. The summed E-state index contributed by atoms with van der Waals surface area (Å²) in [6.07, 6.45) is 3.50. The summed E-state index contributed by atoms with van der Waals surface area (Å²) in [5, 5.41) is 0. The Bertz CT molecular complexity index is 213. The minimum Gasteiger partial charge on any atom is -0.452 e. The van der Waals surface area contributed by atoms with Crippen molar-refractivity contribution in [2.24, 2.45) is 0 Å². The van der Waals surface area contributed by atoms with Crippen LogP contribution in [0.4, 0.5) is 4.79 Å². The van der Waals surface area contributed by atoms with Gasteiger partial charge in [-0.05, 0) is 18.4 Å². The van der Waals surface area contributed by atoms with E-state index in [-0.39, 0.29) is 6.09 Å². The molecule has 0 N–H and O–H groups in total. The zero-order valence-corrected chi connectivity index (χ0v) is 8.08.